The molecule has 0 atom stereocenters. The van der Waals surface area contributed by atoms with Gasteiger partial charge < -0.3 is 14.4 Å². The van der Waals surface area contributed by atoms with Crippen molar-refractivity contribution in [3.63, 3.8) is 0 Å². The van der Waals surface area contributed by atoms with Crippen LogP contribution in [0.3, 0.4) is 0 Å². The third-order valence-corrected chi connectivity index (χ3v) is 6.19. The normalized spacial score (nSPS) is 12.8. The summed E-state index contributed by atoms with van der Waals surface area (Å²) < 4.78 is 11.7. The van der Waals surface area contributed by atoms with Gasteiger partial charge in [0.1, 0.15) is 11.5 Å². The second-order valence-corrected chi connectivity index (χ2v) is 8.82. The van der Waals surface area contributed by atoms with Crippen molar-refractivity contribution in [1.29, 1.82) is 0 Å². The van der Waals surface area contributed by atoms with Crippen molar-refractivity contribution < 1.29 is 14.3 Å². The van der Waals surface area contributed by atoms with Gasteiger partial charge in [0.05, 0.1) is 6.61 Å². The van der Waals surface area contributed by atoms with Gasteiger partial charge in [0.15, 0.2) is 0 Å². The maximum absolute atomic E-state index is 13.1. The number of ether oxygens (including phenoxy) is 2. The Labute approximate surface area is 215 Å². The Bertz CT molecular complexity index is 1350. The molecule has 5 nitrogen and oxygen atoms in total. The lowest BCUT2D eigenvalue weighted by Gasteiger charge is -2.24. The SMILES string of the molecule is CCOC(=NC(=O)c1ccc(Oc2ccc(Cl)cc2)cc1)N1Cc2ccccc2-c2ccccc2C1. The highest BCUT2D eigenvalue weighted by Crippen LogP contribution is 2.32. The number of amides is 1. The molecule has 5 rings (SSSR count). The first-order valence-corrected chi connectivity index (χ1v) is 12.2. The fraction of sp³-hybridized carbons (Fsp3) is 0.133. The molecule has 0 N–H and O–H groups in total. The molecule has 0 unspecified atom stereocenters. The largest absolute Gasteiger partial charge is 0.465 e. The second-order valence-electron chi connectivity index (χ2n) is 8.38. The van der Waals surface area contributed by atoms with Gasteiger partial charge in [-0.3, -0.25) is 4.79 Å². The summed E-state index contributed by atoms with van der Waals surface area (Å²) in [4.78, 5) is 19.5. The fourth-order valence-electron chi connectivity index (χ4n) is 4.22. The van der Waals surface area contributed by atoms with Crippen molar-refractivity contribution in [3.8, 4) is 22.6 Å². The van der Waals surface area contributed by atoms with Crippen molar-refractivity contribution in [3.05, 3.63) is 119 Å². The lowest BCUT2D eigenvalue weighted by molar-refractivity contribution is 0.0993. The molecule has 4 aromatic rings. The minimum Gasteiger partial charge on any atom is -0.465 e. The Hall–Kier alpha value is -4.09. The van der Waals surface area contributed by atoms with Crippen molar-refractivity contribution >= 4 is 23.5 Å². The standard InChI is InChI=1S/C30H25ClN2O3/c1-2-35-30(33-19-22-7-3-5-9-27(22)28-10-6-4-8-23(28)20-33)32-29(34)21-11-15-25(16-12-21)36-26-17-13-24(31)14-18-26/h3-18H,2,19-20H2,1H3. The van der Waals surface area contributed by atoms with Gasteiger partial charge in [0.2, 0.25) is 0 Å². The number of carbonyl (C=O) groups excluding carboxylic acids is 1. The van der Waals surface area contributed by atoms with Crippen molar-refractivity contribution in [2.24, 2.45) is 4.99 Å². The van der Waals surface area contributed by atoms with Crippen LogP contribution in [0.25, 0.3) is 11.1 Å². The Morgan fingerprint density at radius 1 is 0.806 bits per heavy atom. The minimum atomic E-state index is -0.373. The smallest absolute Gasteiger partial charge is 0.296 e. The lowest BCUT2D eigenvalue weighted by atomic mass is 9.97. The Morgan fingerprint density at radius 3 is 1.89 bits per heavy atom. The van der Waals surface area contributed by atoms with Crippen LogP contribution in [-0.4, -0.2) is 23.4 Å². The number of halogens is 1. The first-order valence-electron chi connectivity index (χ1n) is 11.8. The van der Waals surface area contributed by atoms with E-state index in [1.165, 1.54) is 11.1 Å². The van der Waals surface area contributed by atoms with Crippen molar-refractivity contribution in [2.75, 3.05) is 6.61 Å². The molecular formula is C30H25ClN2O3. The molecule has 1 amide bonds. The Morgan fingerprint density at radius 2 is 1.33 bits per heavy atom. The fourth-order valence-corrected chi connectivity index (χ4v) is 4.35. The number of aliphatic imine (C=N–C) groups is 1. The average molecular weight is 497 g/mol. The van der Waals surface area contributed by atoms with Gasteiger partial charge in [-0.15, -0.1) is 0 Å². The highest BCUT2D eigenvalue weighted by molar-refractivity contribution is 6.30. The van der Waals surface area contributed by atoms with E-state index in [2.05, 4.69) is 29.3 Å². The molecule has 0 saturated carbocycles. The van der Waals surface area contributed by atoms with E-state index < -0.39 is 0 Å². The van der Waals surface area contributed by atoms with Crippen LogP contribution in [0.1, 0.15) is 28.4 Å². The predicted molar refractivity (Wildman–Crippen MR) is 142 cm³/mol. The summed E-state index contributed by atoms with van der Waals surface area (Å²) in [7, 11) is 0. The molecule has 0 fully saturated rings. The predicted octanol–water partition coefficient (Wildman–Crippen LogP) is 7.35. The van der Waals surface area contributed by atoms with E-state index in [0.29, 0.717) is 47.8 Å². The molecule has 36 heavy (non-hydrogen) atoms. The van der Waals surface area contributed by atoms with Crippen LogP contribution in [0.2, 0.25) is 5.02 Å². The van der Waals surface area contributed by atoms with Crippen LogP contribution in [0.15, 0.2) is 102 Å². The number of amidine groups is 1. The molecule has 180 valence electrons. The molecule has 4 aromatic carbocycles. The van der Waals surface area contributed by atoms with Crippen LogP contribution >= 0.6 is 11.6 Å². The van der Waals surface area contributed by atoms with E-state index in [1.54, 1.807) is 48.5 Å². The van der Waals surface area contributed by atoms with E-state index in [1.807, 2.05) is 36.1 Å². The maximum Gasteiger partial charge on any atom is 0.296 e. The topological polar surface area (TPSA) is 51.1 Å². The average Bonchev–Trinajstić information content (AvgIpc) is 3.07. The zero-order chi connectivity index (χ0) is 24.9. The number of hydrogen-bond donors (Lipinski definition) is 0. The lowest BCUT2D eigenvalue weighted by Crippen LogP contribution is -2.32. The number of benzene rings is 4. The highest BCUT2D eigenvalue weighted by atomic mass is 35.5. The molecule has 0 saturated heterocycles. The third-order valence-electron chi connectivity index (χ3n) is 5.94. The van der Waals surface area contributed by atoms with Crippen LogP contribution in [0, 0.1) is 0 Å². The number of rotatable bonds is 4. The highest BCUT2D eigenvalue weighted by Gasteiger charge is 2.23. The third kappa shape index (κ3) is 5.26. The summed E-state index contributed by atoms with van der Waals surface area (Å²) in [6, 6.07) is 30.9. The molecule has 0 bridgehead atoms. The summed E-state index contributed by atoms with van der Waals surface area (Å²) in [5.41, 5.74) is 5.14. The van der Waals surface area contributed by atoms with Gasteiger partial charge in [-0.25, -0.2) is 0 Å². The molecular weight excluding hydrogens is 472 g/mol. The number of hydrogen-bond acceptors (Lipinski definition) is 3. The number of carbonyl (C=O) groups is 1. The molecule has 6 heteroatoms. The van der Waals surface area contributed by atoms with Gasteiger partial charge in [0, 0.05) is 23.7 Å². The number of fused-ring (bicyclic) bond motifs is 3. The first kappa shape index (κ1) is 23.6. The molecule has 0 spiro atoms. The summed E-state index contributed by atoms with van der Waals surface area (Å²) in [6.07, 6.45) is 0. The molecule has 0 aromatic heterocycles. The van der Waals surface area contributed by atoms with Crippen molar-refractivity contribution in [1.82, 2.24) is 4.90 Å². The zero-order valence-corrected chi connectivity index (χ0v) is 20.6. The van der Waals surface area contributed by atoms with Gasteiger partial charge >= 0.3 is 0 Å². The summed E-state index contributed by atoms with van der Waals surface area (Å²) >= 11 is 5.93. The van der Waals surface area contributed by atoms with E-state index in [4.69, 9.17) is 21.1 Å². The van der Waals surface area contributed by atoms with E-state index in [-0.39, 0.29) is 5.91 Å². The zero-order valence-electron chi connectivity index (χ0n) is 19.9. The second kappa shape index (κ2) is 10.7. The van der Waals surface area contributed by atoms with Gasteiger partial charge in [0.25, 0.3) is 11.9 Å². The minimum absolute atomic E-state index is 0.315. The van der Waals surface area contributed by atoms with Gasteiger partial charge in [-0.2, -0.15) is 4.99 Å². The van der Waals surface area contributed by atoms with Crippen LogP contribution in [0.5, 0.6) is 11.5 Å². The van der Waals surface area contributed by atoms with Crippen LogP contribution < -0.4 is 4.74 Å². The molecule has 1 heterocycles. The maximum atomic E-state index is 13.1. The number of nitrogens with zero attached hydrogens (tertiary/aromatic N) is 2. The van der Waals surface area contributed by atoms with Crippen LogP contribution in [-0.2, 0) is 17.8 Å². The van der Waals surface area contributed by atoms with Crippen LogP contribution in [0.4, 0.5) is 0 Å². The molecule has 1 aliphatic heterocycles. The first-order chi connectivity index (χ1) is 17.6. The van der Waals surface area contributed by atoms with Gasteiger partial charge in [-0.1, -0.05) is 60.1 Å². The summed E-state index contributed by atoms with van der Waals surface area (Å²) in [5, 5.41) is 0.641. The monoisotopic (exact) mass is 496 g/mol. The molecule has 0 radical (unpaired) electrons. The van der Waals surface area contributed by atoms with E-state index in [0.717, 1.165) is 11.1 Å². The summed E-state index contributed by atoms with van der Waals surface area (Å²) in [5.74, 6) is 0.905. The van der Waals surface area contributed by atoms with E-state index >= 15 is 0 Å². The Balaban J connectivity index is 1.39. The molecule has 1 aliphatic rings. The van der Waals surface area contributed by atoms with E-state index in [9.17, 15) is 4.79 Å². The summed E-state index contributed by atoms with van der Waals surface area (Å²) in [6.45, 7) is 3.47. The Kier molecular flexibility index (Phi) is 7.01. The van der Waals surface area contributed by atoms with Gasteiger partial charge in [-0.05, 0) is 77.7 Å². The quantitative estimate of drug-likeness (QED) is 0.219. The van der Waals surface area contributed by atoms with Crippen molar-refractivity contribution in [2.45, 2.75) is 20.0 Å². The molecule has 0 aliphatic carbocycles.